The third-order valence-electron chi connectivity index (χ3n) is 4.16. The van der Waals surface area contributed by atoms with Gasteiger partial charge in [-0.25, -0.2) is 8.42 Å². The SMILES string of the molecule is Cc1ccc(S(=O)(=O)N2CCC(C(=O)NCCCN)CC2)cc1. The number of carbonyl (C=O) groups is 1. The fourth-order valence-electron chi connectivity index (χ4n) is 2.68. The highest BCUT2D eigenvalue weighted by Crippen LogP contribution is 2.24. The van der Waals surface area contributed by atoms with Crippen LogP contribution in [0, 0.1) is 12.8 Å². The van der Waals surface area contributed by atoms with Gasteiger partial charge in [-0.3, -0.25) is 4.79 Å². The van der Waals surface area contributed by atoms with Gasteiger partial charge in [0, 0.05) is 25.6 Å². The molecule has 1 aromatic rings. The topological polar surface area (TPSA) is 92.5 Å². The molecule has 128 valence electrons. The number of rotatable bonds is 6. The van der Waals surface area contributed by atoms with Crippen molar-refractivity contribution in [3.05, 3.63) is 29.8 Å². The van der Waals surface area contributed by atoms with Crippen LogP contribution in [0.1, 0.15) is 24.8 Å². The van der Waals surface area contributed by atoms with E-state index in [0.717, 1.165) is 12.0 Å². The fourth-order valence-corrected chi connectivity index (χ4v) is 4.15. The quantitative estimate of drug-likeness (QED) is 0.752. The molecule has 2 rings (SSSR count). The van der Waals surface area contributed by atoms with Gasteiger partial charge in [0.25, 0.3) is 0 Å². The summed E-state index contributed by atoms with van der Waals surface area (Å²) in [5, 5.41) is 2.86. The summed E-state index contributed by atoms with van der Waals surface area (Å²) in [6, 6.07) is 6.86. The smallest absolute Gasteiger partial charge is 0.243 e. The molecule has 0 aliphatic carbocycles. The lowest BCUT2D eigenvalue weighted by atomic mass is 9.97. The van der Waals surface area contributed by atoms with Crippen LogP contribution >= 0.6 is 0 Å². The predicted octanol–water partition coefficient (Wildman–Crippen LogP) is 0.861. The van der Waals surface area contributed by atoms with Gasteiger partial charge in [0.2, 0.25) is 15.9 Å². The lowest BCUT2D eigenvalue weighted by Crippen LogP contribution is -2.43. The second-order valence-electron chi connectivity index (χ2n) is 5.92. The van der Waals surface area contributed by atoms with Gasteiger partial charge in [0.15, 0.2) is 0 Å². The summed E-state index contributed by atoms with van der Waals surface area (Å²) < 4.78 is 26.7. The summed E-state index contributed by atoms with van der Waals surface area (Å²) >= 11 is 0. The predicted molar refractivity (Wildman–Crippen MR) is 89.3 cm³/mol. The van der Waals surface area contributed by atoms with Crippen LogP contribution in [0.15, 0.2) is 29.2 Å². The van der Waals surface area contributed by atoms with Crippen molar-refractivity contribution < 1.29 is 13.2 Å². The zero-order chi connectivity index (χ0) is 16.9. The molecule has 0 bridgehead atoms. The number of hydrogen-bond acceptors (Lipinski definition) is 4. The third-order valence-corrected chi connectivity index (χ3v) is 6.08. The van der Waals surface area contributed by atoms with Gasteiger partial charge in [0.05, 0.1) is 4.90 Å². The maximum Gasteiger partial charge on any atom is 0.243 e. The molecule has 0 unspecified atom stereocenters. The van der Waals surface area contributed by atoms with Crippen LogP contribution in [0.4, 0.5) is 0 Å². The number of benzene rings is 1. The van der Waals surface area contributed by atoms with E-state index in [1.165, 1.54) is 4.31 Å². The van der Waals surface area contributed by atoms with Crippen LogP contribution in [0.2, 0.25) is 0 Å². The van der Waals surface area contributed by atoms with Gasteiger partial charge in [-0.2, -0.15) is 4.31 Å². The highest BCUT2D eigenvalue weighted by molar-refractivity contribution is 7.89. The average molecular weight is 339 g/mol. The Hall–Kier alpha value is -1.44. The molecule has 6 nitrogen and oxygen atoms in total. The molecule has 0 aromatic heterocycles. The summed E-state index contributed by atoms with van der Waals surface area (Å²) in [6.07, 6.45) is 1.87. The molecule has 0 atom stereocenters. The van der Waals surface area contributed by atoms with Gasteiger partial charge in [-0.1, -0.05) is 17.7 Å². The van der Waals surface area contributed by atoms with E-state index < -0.39 is 10.0 Å². The highest BCUT2D eigenvalue weighted by atomic mass is 32.2. The average Bonchev–Trinajstić information content (AvgIpc) is 2.55. The molecular weight excluding hydrogens is 314 g/mol. The summed E-state index contributed by atoms with van der Waals surface area (Å²) in [5.74, 6) is -0.108. The van der Waals surface area contributed by atoms with Crippen LogP contribution < -0.4 is 11.1 Å². The Morgan fingerprint density at radius 1 is 1.26 bits per heavy atom. The Bertz CT molecular complexity index is 620. The molecule has 23 heavy (non-hydrogen) atoms. The molecule has 1 fully saturated rings. The molecule has 3 N–H and O–H groups in total. The van der Waals surface area contributed by atoms with E-state index in [-0.39, 0.29) is 11.8 Å². The van der Waals surface area contributed by atoms with Crippen molar-refractivity contribution in [2.75, 3.05) is 26.2 Å². The second-order valence-corrected chi connectivity index (χ2v) is 7.86. The first-order valence-electron chi connectivity index (χ1n) is 7.99. The summed E-state index contributed by atoms with van der Waals surface area (Å²) in [5.41, 5.74) is 6.42. The zero-order valence-electron chi connectivity index (χ0n) is 13.5. The largest absolute Gasteiger partial charge is 0.356 e. The van der Waals surface area contributed by atoms with Crippen LogP contribution in [0.5, 0.6) is 0 Å². The van der Waals surface area contributed by atoms with E-state index in [0.29, 0.717) is 43.9 Å². The van der Waals surface area contributed by atoms with Crippen LogP contribution in [-0.4, -0.2) is 44.8 Å². The van der Waals surface area contributed by atoms with Crippen LogP contribution in [-0.2, 0) is 14.8 Å². The van der Waals surface area contributed by atoms with Crippen molar-refractivity contribution in [3.63, 3.8) is 0 Å². The van der Waals surface area contributed by atoms with Crippen molar-refractivity contribution in [1.82, 2.24) is 9.62 Å². The van der Waals surface area contributed by atoms with E-state index in [9.17, 15) is 13.2 Å². The molecule has 1 saturated heterocycles. The maximum absolute atomic E-state index is 12.6. The number of aryl methyl sites for hydroxylation is 1. The standard InChI is InChI=1S/C16H25N3O3S/c1-13-3-5-15(6-4-13)23(21,22)19-11-7-14(8-12-19)16(20)18-10-2-9-17/h3-6,14H,2,7-12,17H2,1H3,(H,18,20). The molecule has 1 amide bonds. The molecule has 0 saturated carbocycles. The lowest BCUT2D eigenvalue weighted by molar-refractivity contribution is -0.126. The minimum absolute atomic E-state index is 0.00540. The van der Waals surface area contributed by atoms with Crippen LogP contribution in [0.3, 0.4) is 0 Å². The van der Waals surface area contributed by atoms with Gasteiger partial charge in [-0.15, -0.1) is 0 Å². The monoisotopic (exact) mass is 339 g/mol. The number of nitrogens with two attached hydrogens (primary N) is 1. The normalized spacial score (nSPS) is 17.1. The first-order valence-corrected chi connectivity index (χ1v) is 9.44. The zero-order valence-corrected chi connectivity index (χ0v) is 14.3. The van der Waals surface area contributed by atoms with Crippen molar-refractivity contribution in [3.8, 4) is 0 Å². The summed E-state index contributed by atoms with van der Waals surface area (Å²) in [7, 11) is -3.46. The van der Waals surface area contributed by atoms with Crippen LogP contribution in [0.25, 0.3) is 0 Å². The minimum Gasteiger partial charge on any atom is -0.356 e. The number of hydrogen-bond donors (Lipinski definition) is 2. The van der Waals surface area contributed by atoms with Gasteiger partial charge >= 0.3 is 0 Å². The van der Waals surface area contributed by atoms with E-state index in [1.54, 1.807) is 24.3 Å². The molecule has 7 heteroatoms. The van der Waals surface area contributed by atoms with Crippen molar-refractivity contribution in [1.29, 1.82) is 0 Å². The Labute approximate surface area is 138 Å². The second kappa shape index (κ2) is 7.90. The first-order chi connectivity index (χ1) is 10.9. The summed E-state index contributed by atoms with van der Waals surface area (Å²) in [6.45, 7) is 3.81. The van der Waals surface area contributed by atoms with Crippen molar-refractivity contribution in [2.24, 2.45) is 11.7 Å². The molecule has 0 spiro atoms. The molecule has 1 aliphatic rings. The molecule has 1 aliphatic heterocycles. The molecular formula is C16H25N3O3S. The highest BCUT2D eigenvalue weighted by Gasteiger charge is 2.31. The number of carbonyl (C=O) groups excluding carboxylic acids is 1. The Morgan fingerprint density at radius 2 is 1.87 bits per heavy atom. The minimum atomic E-state index is -3.46. The number of piperidine rings is 1. The van der Waals surface area contributed by atoms with Crippen molar-refractivity contribution in [2.45, 2.75) is 31.1 Å². The molecule has 1 heterocycles. The number of amides is 1. The molecule has 1 aromatic carbocycles. The van der Waals surface area contributed by atoms with E-state index in [4.69, 9.17) is 5.73 Å². The Balaban J connectivity index is 1.93. The third kappa shape index (κ3) is 4.53. The Morgan fingerprint density at radius 3 is 2.43 bits per heavy atom. The van der Waals surface area contributed by atoms with E-state index >= 15 is 0 Å². The number of nitrogens with one attached hydrogen (secondary N) is 1. The molecule has 0 radical (unpaired) electrons. The summed E-state index contributed by atoms with van der Waals surface area (Å²) in [4.78, 5) is 12.3. The van der Waals surface area contributed by atoms with E-state index in [2.05, 4.69) is 5.32 Å². The first kappa shape index (κ1) is 17.9. The maximum atomic E-state index is 12.6. The van der Waals surface area contributed by atoms with Crippen molar-refractivity contribution >= 4 is 15.9 Å². The van der Waals surface area contributed by atoms with E-state index in [1.807, 2.05) is 6.92 Å². The Kier molecular flexibility index (Phi) is 6.15. The lowest BCUT2D eigenvalue weighted by Gasteiger charge is -2.30. The fraction of sp³-hybridized carbons (Fsp3) is 0.562. The van der Waals surface area contributed by atoms with Gasteiger partial charge in [0.1, 0.15) is 0 Å². The van der Waals surface area contributed by atoms with Gasteiger partial charge < -0.3 is 11.1 Å². The number of nitrogens with zero attached hydrogens (tertiary/aromatic N) is 1. The van der Waals surface area contributed by atoms with Gasteiger partial charge in [-0.05, 0) is 44.9 Å². The number of sulfonamides is 1.